The fraction of sp³-hybridized carbons (Fsp3) is 0.381. The van der Waals surface area contributed by atoms with E-state index >= 15 is 0 Å². The highest BCUT2D eigenvalue weighted by Gasteiger charge is 2.20. The molecule has 2 aromatic carbocycles. The van der Waals surface area contributed by atoms with Gasteiger partial charge >= 0.3 is 0 Å². The fourth-order valence-corrected chi connectivity index (χ4v) is 4.00. The Bertz CT molecular complexity index is 976. The average Bonchev–Trinajstić information content (AvgIpc) is 2.65. The van der Waals surface area contributed by atoms with Crippen LogP contribution in [0.3, 0.4) is 0 Å². The SMILES string of the molecule is CCOc1cc(NS(=O)(=O)c2ccc(Br)cc2)c(OCC)cc1NC(=O)CC(C)C. The first-order valence-corrected chi connectivity index (χ1v) is 12.0. The average molecular weight is 499 g/mol. The number of hydrogen-bond donors (Lipinski definition) is 2. The molecule has 1 amide bonds. The first-order chi connectivity index (χ1) is 14.2. The second-order valence-electron chi connectivity index (χ2n) is 6.92. The Morgan fingerprint density at radius 2 is 1.53 bits per heavy atom. The molecule has 0 aromatic heterocycles. The number of carbonyl (C=O) groups excluding carboxylic acids is 1. The maximum Gasteiger partial charge on any atom is 0.262 e. The molecule has 164 valence electrons. The van der Waals surface area contributed by atoms with Crippen molar-refractivity contribution >= 4 is 43.2 Å². The van der Waals surface area contributed by atoms with Crippen LogP contribution in [0.2, 0.25) is 0 Å². The monoisotopic (exact) mass is 498 g/mol. The molecule has 0 radical (unpaired) electrons. The molecule has 0 unspecified atom stereocenters. The summed E-state index contributed by atoms with van der Waals surface area (Å²) < 4.78 is 40.3. The Labute approximate surface area is 186 Å². The van der Waals surface area contributed by atoms with Crippen molar-refractivity contribution in [2.75, 3.05) is 23.3 Å². The largest absolute Gasteiger partial charge is 0.492 e. The van der Waals surface area contributed by atoms with Gasteiger partial charge in [0.15, 0.2) is 0 Å². The smallest absolute Gasteiger partial charge is 0.262 e. The Morgan fingerprint density at radius 1 is 1.00 bits per heavy atom. The van der Waals surface area contributed by atoms with Gasteiger partial charge in [-0.15, -0.1) is 0 Å². The van der Waals surface area contributed by atoms with E-state index in [0.29, 0.717) is 36.8 Å². The number of sulfonamides is 1. The third kappa shape index (κ3) is 6.63. The van der Waals surface area contributed by atoms with Crippen LogP contribution in [0.15, 0.2) is 45.8 Å². The fourth-order valence-electron chi connectivity index (χ4n) is 2.68. The van der Waals surface area contributed by atoms with Gasteiger partial charge in [-0.1, -0.05) is 29.8 Å². The van der Waals surface area contributed by atoms with Crippen LogP contribution < -0.4 is 19.5 Å². The van der Waals surface area contributed by atoms with Crippen molar-refractivity contribution in [1.29, 1.82) is 0 Å². The molecule has 0 fully saturated rings. The molecule has 2 aromatic rings. The molecule has 2 rings (SSSR count). The number of carbonyl (C=O) groups is 1. The van der Waals surface area contributed by atoms with Crippen LogP contribution in [0.25, 0.3) is 0 Å². The molecule has 0 atom stereocenters. The molecular weight excluding hydrogens is 472 g/mol. The minimum atomic E-state index is -3.85. The lowest BCUT2D eigenvalue weighted by atomic mass is 10.1. The molecule has 0 aliphatic heterocycles. The normalized spacial score (nSPS) is 11.3. The molecule has 2 N–H and O–H groups in total. The molecule has 0 aliphatic rings. The number of amides is 1. The van der Waals surface area contributed by atoms with Crippen molar-refractivity contribution in [2.24, 2.45) is 5.92 Å². The van der Waals surface area contributed by atoms with Gasteiger partial charge in [0.2, 0.25) is 5.91 Å². The van der Waals surface area contributed by atoms with Crippen molar-refractivity contribution in [3.8, 4) is 11.5 Å². The molecule has 0 saturated carbocycles. The van der Waals surface area contributed by atoms with Gasteiger partial charge in [0.05, 0.1) is 29.5 Å². The lowest BCUT2D eigenvalue weighted by molar-refractivity contribution is -0.116. The van der Waals surface area contributed by atoms with Crippen LogP contribution >= 0.6 is 15.9 Å². The van der Waals surface area contributed by atoms with Gasteiger partial charge in [0, 0.05) is 23.0 Å². The summed E-state index contributed by atoms with van der Waals surface area (Å²) in [6.45, 7) is 8.17. The minimum Gasteiger partial charge on any atom is -0.492 e. The van der Waals surface area contributed by atoms with E-state index in [4.69, 9.17) is 9.47 Å². The van der Waals surface area contributed by atoms with E-state index in [2.05, 4.69) is 26.0 Å². The number of anilines is 2. The van der Waals surface area contributed by atoms with Gasteiger partial charge in [0.1, 0.15) is 11.5 Å². The van der Waals surface area contributed by atoms with Crippen molar-refractivity contribution in [1.82, 2.24) is 0 Å². The van der Waals surface area contributed by atoms with Crippen LogP contribution in [0.1, 0.15) is 34.1 Å². The number of benzene rings is 2. The van der Waals surface area contributed by atoms with E-state index in [9.17, 15) is 13.2 Å². The quantitative estimate of drug-likeness (QED) is 0.478. The number of rotatable bonds is 10. The van der Waals surface area contributed by atoms with E-state index in [1.165, 1.54) is 18.2 Å². The molecule has 0 spiro atoms. The molecule has 7 nitrogen and oxygen atoms in total. The molecule has 0 saturated heterocycles. The Morgan fingerprint density at radius 3 is 2.07 bits per heavy atom. The number of nitrogens with one attached hydrogen (secondary N) is 2. The van der Waals surface area contributed by atoms with Gasteiger partial charge in [-0.25, -0.2) is 8.42 Å². The third-order valence-electron chi connectivity index (χ3n) is 3.92. The predicted octanol–water partition coefficient (Wildman–Crippen LogP) is 5.03. The van der Waals surface area contributed by atoms with Crippen LogP contribution in [-0.4, -0.2) is 27.5 Å². The number of hydrogen-bond acceptors (Lipinski definition) is 5. The van der Waals surface area contributed by atoms with E-state index in [0.717, 1.165) is 4.47 Å². The first-order valence-electron chi connectivity index (χ1n) is 9.68. The highest BCUT2D eigenvalue weighted by Crippen LogP contribution is 2.38. The summed E-state index contributed by atoms with van der Waals surface area (Å²) in [5.41, 5.74) is 0.655. The van der Waals surface area contributed by atoms with E-state index < -0.39 is 10.0 Å². The lowest BCUT2D eigenvalue weighted by Gasteiger charge is -2.18. The lowest BCUT2D eigenvalue weighted by Crippen LogP contribution is -2.17. The minimum absolute atomic E-state index is 0.112. The van der Waals surface area contributed by atoms with Gasteiger partial charge in [-0.05, 0) is 44.0 Å². The zero-order valence-electron chi connectivity index (χ0n) is 17.5. The van der Waals surface area contributed by atoms with Crippen LogP contribution in [0.4, 0.5) is 11.4 Å². The molecule has 0 heterocycles. The summed E-state index contributed by atoms with van der Waals surface area (Å²) >= 11 is 3.29. The summed E-state index contributed by atoms with van der Waals surface area (Å²) in [6, 6.07) is 9.39. The van der Waals surface area contributed by atoms with Crippen molar-refractivity contribution in [3.05, 3.63) is 40.9 Å². The Kier molecular flexibility index (Phi) is 8.54. The van der Waals surface area contributed by atoms with E-state index in [1.807, 2.05) is 20.8 Å². The standard InChI is InChI=1S/C21H27BrN2O5S/c1-5-28-19-13-18(24-30(26,27)16-9-7-15(22)8-10-16)20(29-6-2)12-17(19)23-21(25)11-14(3)4/h7-10,12-14,24H,5-6,11H2,1-4H3,(H,23,25). The zero-order valence-corrected chi connectivity index (χ0v) is 19.9. The zero-order chi connectivity index (χ0) is 22.3. The first kappa shape index (κ1) is 24.0. The highest BCUT2D eigenvalue weighted by molar-refractivity contribution is 9.10. The van der Waals surface area contributed by atoms with Gasteiger partial charge in [0.25, 0.3) is 10.0 Å². The van der Waals surface area contributed by atoms with Gasteiger partial charge in [-0.2, -0.15) is 0 Å². The van der Waals surface area contributed by atoms with E-state index in [1.54, 1.807) is 25.1 Å². The maximum atomic E-state index is 12.8. The van der Waals surface area contributed by atoms with Gasteiger partial charge < -0.3 is 14.8 Å². The maximum absolute atomic E-state index is 12.8. The Balaban J connectivity index is 2.43. The summed E-state index contributed by atoms with van der Waals surface area (Å²) in [5, 5.41) is 2.83. The second kappa shape index (κ2) is 10.7. The van der Waals surface area contributed by atoms with Crippen LogP contribution in [0, 0.1) is 5.92 Å². The Hall–Kier alpha value is -2.26. The molecule has 0 aliphatic carbocycles. The molecule has 30 heavy (non-hydrogen) atoms. The van der Waals surface area contributed by atoms with Crippen molar-refractivity contribution < 1.29 is 22.7 Å². The van der Waals surface area contributed by atoms with Crippen LogP contribution in [0.5, 0.6) is 11.5 Å². The topological polar surface area (TPSA) is 93.7 Å². The van der Waals surface area contributed by atoms with Gasteiger partial charge in [-0.3, -0.25) is 9.52 Å². The molecule has 9 heteroatoms. The van der Waals surface area contributed by atoms with E-state index in [-0.39, 0.29) is 22.4 Å². The second-order valence-corrected chi connectivity index (χ2v) is 9.51. The summed E-state index contributed by atoms with van der Waals surface area (Å²) in [6.07, 6.45) is 0.355. The molecular formula is C21H27BrN2O5S. The predicted molar refractivity (Wildman–Crippen MR) is 122 cm³/mol. The number of halogens is 1. The third-order valence-corrected chi connectivity index (χ3v) is 5.83. The summed E-state index contributed by atoms with van der Waals surface area (Å²) in [7, 11) is -3.85. The van der Waals surface area contributed by atoms with Crippen LogP contribution in [-0.2, 0) is 14.8 Å². The van der Waals surface area contributed by atoms with Crippen molar-refractivity contribution in [3.63, 3.8) is 0 Å². The molecule has 0 bridgehead atoms. The number of ether oxygens (including phenoxy) is 2. The summed E-state index contributed by atoms with van der Waals surface area (Å²) in [4.78, 5) is 12.4. The highest BCUT2D eigenvalue weighted by atomic mass is 79.9. The van der Waals surface area contributed by atoms with Crippen molar-refractivity contribution in [2.45, 2.75) is 39.0 Å². The summed E-state index contributed by atoms with van der Waals surface area (Å²) in [5.74, 6) is 0.688.